The molecule has 0 amide bonds. The summed E-state index contributed by atoms with van der Waals surface area (Å²) in [6.45, 7) is 9.41. The summed E-state index contributed by atoms with van der Waals surface area (Å²) in [6.07, 6.45) is 50.2. The summed E-state index contributed by atoms with van der Waals surface area (Å²) in [4.78, 5) is 3.75. The molecular formula is C41H81N2+. The number of imidazole rings is 1. The highest BCUT2D eigenvalue weighted by Crippen LogP contribution is 2.27. The van der Waals surface area contributed by atoms with Gasteiger partial charge in [-0.05, 0) is 32.6 Å². The van der Waals surface area contributed by atoms with Crippen LogP contribution in [0.4, 0.5) is 0 Å². The highest BCUT2D eigenvalue weighted by atomic mass is 15.1. The third-order valence-corrected chi connectivity index (χ3v) is 10.1. The Balaban J connectivity index is 2.41. The Kier molecular flexibility index (Phi) is 29.2. The van der Waals surface area contributed by atoms with Crippen molar-refractivity contribution in [2.75, 3.05) is 0 Å². The van der Waals surface area contributed by atoms with E-state index in [9.17, 15) is 0 Å². The van der Waals surface area contributed by atoms with Crippen LogP contribution in [0.5, 0.6) is 0 Å². The highest BCUT2D eigenvalue weighted by Gasteiger charge is 2.25. The fraction of sp³-hybridized carbons (Fsp3) is 0.927. The van der Waals surface area contributed by atoms with Crippen LogP contribution in [0.25, 0.3) is 0 Å². The van der Waals surface area contributed by atoms with Crippen molar-refractivity contribution in [3.63, 3.8) is 0 Å². The van der Waals surface area contributed by atoms with Crippen molar-refractivity contribution in [3.8, 4) is 0 Å². The molecule has 1 heterocycles. The van der Waals surface area contributed by atoms with Gasteiger partial charge in [0.1, 0.15) is 12.4 Å². The van der Waals surface area contributed by atoms with Gasteiger partial charge in [0.15, 0.2) is 0 Å². The van der Waals surface area contributed by atoms with Crippen LogP contribution >= 0.6 is 0 Å². The zero-order chi connectivity index (χ0) is 31.1. The molecule has 0 aromatic carbocycles. The van der Waals surface area contributed by atoms with Gasteiger partial charge in [-0.1, -0.05) is 201 Å². The Hall–Kier alpha value is -0.790. The van der Waals surface area contributed by atoms with Crippen molar-refractivity contribution >= 4 is 0 Å². The summed E-state index contributed by atoms with van der Waals surface area (Å²) in [6, 6.07) is 0.620. The fourth-order valence-electron chi connectivity index (χ4n) is 7.13. The summed E-state index contributed by atoms with van der Waals surface area (Å²) in [5.74, 6) is 2.25. The quantitative estimate of drug-likeness (QED) is 0.0599. The van der Waals surface area contributed by atoms with Gasteiger partial charge in [0.25, 0.3) is 5.82 Å². The molecule has 43 heavy (non-hydrogen) atoms. The van der Waals surface area contributed by atoms with Crippen LogP contribution in [0.2, 0.25) is 0 Å². The van der Waals surface area contributed by atoms with Crippen LogP contribution in [0.15, 0.2) is 12.4 Å². The molecule has 0 spiro atoms. The lowest BCUT2D eigenvalue weighted by Gasteiger charge is -2.17. The largest absolute Gasteiger partial charge is 0.257 e. The van der Waals surface area contributed by atoms with E-state index in [2.05, 4.69) is 49.6 Å². The molecule has 2 heteroatoms. The first-order valence-electron chi connectivity index (χ1n) is 20.3. The molecule has 0 saturated heterocycles. The van der Waals surface area contributed by atoms with E-state index in [1.807, 2.05) is 0 Å². The summed E-state index contributed by atoms with van der Waals surface area (Å²) in [7, 11) is 0. The van der Waals surface area contributed by atoms with Crippen molar-refractivity contribution in [1.82, 2.24) is 4.98 Å². The monoisotopic (exact) mass is 602 g/mol. The normalized spacial score (nSPS) is 13.1. The van der Waals surface area contributed by atoms with Gasteiger partial charge in [-0.25, -0.2) is 9.55 Å². The highest BCUT2D eigenvalue weighted by molar-refractivity contribution is 4.90. The van der Waals surface area contributed by atoms with E-state index in [0.29, 0.717) is 12.0 Å². The second-order valence-electron chi connectivity index (χ2n) is 14.4. The molecule has 0 bridgehead atoms. The molecule has 1 aromatic heterocycles. The van der Waals surface area contributed by atoms with E-state index in [1.54, 1.807) is 0 Å². The standard InChI is InChI=1S/C41H80N2/c1-5-8-11-14-17-19-21-23-25-27-30-33-36-40(35-32-29-26-24-22-20-18-15-12-9-6-2)41-42-37-38-43(41)39(4)34-31-28-16-13-10-7-3/h37-40H,5-36H2,1-4H3/p+1. The van der Waals surface area contributed by atoms with Crippen molar-refractivity contribution in [2.24, 2.45) is 0 Å². The second kappa shape index (κ2) is 31.2. The van der Waals surface area contributed by atoms with Gasteiger partial charge in [0.05, 0.1) is 12.0 Å². The van der Waals surface area contributed by atoms with Crippen LogP contribution < -0.4 is 4.57 Å². The Morgan fingerprint density at radius 3 is 1.09 bits per heavy atom. The van der Waals surface area contributed by atoms with E-state index in [4.69, 9.17) is 0 Å². The summed E-state index contributed by atoms with van der Waals surface area (Å²) in [5.41, 5.74) is 0. The number of nitrogens with one attached hydrogen (secondary N) is 1. The van der Waals surface area contributed by atoms with Gasteiger partial charge >= 0.3 is 0 Å². The Morgan fingerprint density at radius 1 is 0.442 bits per heavy atom. The van der Waals surface area contributed by atoms with Crippen LogP contribution in [0.1, 0.15) is 251 Å². The van der Waals surface area contributed by atoms with Gasteiger partial charge in [-0.3, -0.25) is 0 Å². The second-order valence-corrected chi connectivity index (χ2v) is 14.4. The fourth-order valence-corrected chi connectivity index (χ4v) is 7.13. The Morgan fingerprint density at radius 2 is 0.744 bits per heavy atom. The zero-order valence-electron chi connectivity index (χ0n) is 30.4. The molecule has 254 valence electrons. The van der Waals surface area contributed by atoms with Crippen molar-refractivity contribution in [1.29, 1.82) is 0 Å². The summed E-state index contributed by atoms with van der Waals surface area (Å²) < 4.78 is 2.63. The average molecular weight is 602 g/mol. The minimum absolute atomic E-state index is 0.620. The van der Waals surface area contributed by atoms with Gasteiger partial charge in [0, 0.05) is 0 Å². The minimum atomic E-state index is 0.620. The maximum Gasteiger partial charge on any atom is 0.257 e. The predicted octanol–water partition coefficient (Wildman–Crippen LogP) is 14.5. The van der Waals surface area contributed by atoms with Crippen LogP contribution in [0, 0.1) is 0 Å². The number of unbranched alkanes of at least 4 members (excludes halogenated alkanes) is 26. The van der Waals surface area contributed by atoms with Gasteiger partial charge in [-0.2, -0.15) is 0 Å². The number of aromatic nitrogens is 2. The van der Waals surface area contributed by atoms with Crippen LogP contribution in [-0.4, -0.2) is 4.98 Å². The molecule has 1 N–H and O–H groups in total. The molecule has 1 aromatic rings. The molecule has 0 fully saturated rings. The molecule has 0 aliphatic rings. The van der Waals surface area contributed by atoms with Gasteiger partial charge < -0.3 is 0 Å². The third kappa shape index (κ3) is 23.2. The molecular weight excluding hydrogens is 520 g/mol. The lowest BCUT2D eigenvalue weighted by Crippen LogP contribution is -2.41. The number of H-pyrrole nitrogens is 1. The predicted molar refractivity (Wildman–Crippen MR) is 193 cm³/mol. The number of nitrogens with zero attached hydrogens (tertiary/aromatic N) is 1. The summed E-state index contributed by atoms with van der Waals surface area (Å²) >= 11 is 0. The minimum Gasteiger partial charge on any atom is -0.247 e. The van der Waals surface area contributed by atoms with Gasteiger partial charge in [0.2, 0.25) is 0 Å². The lowest BCUT2D eigenvalue weighted by molar-refractivity contribution is -0.727. The number of hydrogen-bond acceptors (Lipinski definition) is 0. The van der Waals surface area contributed by atoms with E-state index in [-0.39, 0.29) is 0 Å². The third-order valence-electron chi connectivity index (χ3n) is 10.1. The molecule has 0 saturated carbocycles. The molecule has 0 aliphatic carbocycles. The number of rotatable bonds is 34. The van der Waals surface area contributed by atoms with Crippen molar-refractivity contribution < 1.29 is 4.57 Å². The lowest BCUT2D eigenvalue weighted by atomic mass is 9.92. The molecule has 2 unspecified atom stereocenters. The molecule has 1 rings (SSSR count). The first-order chi connectivity index (χ1) is 21.2. The summed E-state index contributed by atoms with van der Waals surface area (Å²) in [5, 5.41) is 0. The van der Waals surface area contributed by atoms with E-state index < -0.39 is 0 Å². The molecule has 0 aliphatic heterocycles. The maximum atomic E-state index is 3.75. The Labute approximate surface area is 272 Å². The zero-order valence-corrected chi connectivity index (χ0v) is 30.4. The van der Waals surface area contributed by atoms with E-state index >= 15 is 0 Å². The SMILES string of the molecule is CCCCCCCCCCCCCCC(CCCCCCCCCCCCC)c1[nH]cc[n+]1C(C)CCCCCCCC. The van der Waals surface area contributed by atoms with Gasteiger partial charge in [-0.15, -0.1) is 0 Å². The topological polar surface area (TPSA) is 19.7 Å². The van der Waals surface area contributed by atoms with Crippen molar-refractivity contribution in [2.45, 2.75) is 245 Å². The molecule has 2 atom stereocenters. The van der Waals surface area contributed by atoms with Crippen molar-refractivity contribution in [3.05, 3.63) is 18.2 Å². The maximum absolute atomic E-state index is 3.75. The van der Waals surface area contributed by atoms with E-state index in [1.165, 1.54) is 211 Å². The smallest absolute Gasteiger partial charge is 0.247 e. The average Bonchev–Trinajstić information content (AvgIpc) is 3.51. The first-order valence-corrected chi connectivity index (χ1v) is 20.3. The number of hydrogen-bond donors (Lipinski definition) is 1. The Bertz CT molecular complexity index is 664. The number of aromatic amines is 1. The van der Waals surface area contributed by atoms with Crippen LogP contribution in [-0.2, 0) is 0 Å². The first kappa shape index (κ1) is 40.2. The van der Waals surface area contributed by atoms with E-state index in [0.717, 1.165) is 0 Å². The molecule has 0 radical (unpaired) electrons. The van der Waals surface area contributed by atoms with Crippen LogP contribution in [0.3, 0.4) is 0 Å². The molecule has 2 nitrogen and oxygen atoms in total.